The molecule has 0 saturated carbocycles. The van der Waals surface area contributed by atoms with E-state index >= 15 is 0 Å². The van der Waals surface area contributed by atoms with Crippen LogP contribution >= 0.6 is 0 Å². The number of rotatable bonds is 2. The van der Waals surface area contributed by atoms with Crippen molar-refractivity contribution in [2.45, 2.75) is 39.3 Å². The largest absolute Gasteiger partial charge is 0.323 e. The van der Waals surface area contributed by atoms with E-state index in [-0.39, 0.29) is 6.04 Å². The van der Waals surface area contributed by atoms with Crippen LogP contribution < -0.4 is 5.73 Å². The van der Waals surface area contributed by atoms with Crippen LogP contribution in [0, 0.1) is 20.8 Å². The first kappa shape index (κ1) is 15.5. The molecule has 0 aliphatic carbocycles. The van der Waals surface area contributed by atoms with Gasteiger partial charge in [-0.15, -0.1) is 0 Å². The standard InChI is InChI=1S/C17H29N3/c1-12-9-14(3)15(10-13(12)2)17(18)16-11-19(4)7-6-8-20(16)5/h9-10,16-17H,6-8,11,18H2,1-5H3. The monoisotopic (exact) mass is 275 g/mol. The van der Waals surface area contributed by atoms with E-state index < -0.39 is 0 Å². The Bertz CT molecular complexity index is 470. The minimum absolute atomic E-state index is 0.0832. The first-order chi connectivity index (χ1) is 9.40. The SMILES string of the molecule is Cc1cc(C)c(C(N)C2CN(C)CCCN2C)cc1C. The Kier molecular flexibility index (Phi) is 4.84. The molecule has 1 heterocycles. The average Bonchev–Trinajstić information content (AvgIpc) is 2.55. The Balaban J connectivity index is 2.29. The molecule has 2 unspecified atom stereocenters. The second-order valence-electron chi connectivity index (χ2n) is 6.48. The molecule has 2 atom stereocenters. The van der Waals surface area contributed by atoms with Gasteiger partial charge in [0.2, 0.25) is 0 Å². The number of hydrogen-bond acceptors (Lipinski definition) is 3. The molecule has 0 spiro atoms. The van der Waals surface area contributed by atoms with Crippen molar-refractivity contribution in [3.63, 3.8) is 0 Å². The average molecular weight is 275 g/mol. The van der Waals surface area contributed by atoms with E-state index in [0.29, 0.717) is 6.04 Å². The topological polar surface area (TPSA) is 32.5 Å². The zero-order valence-corrected chi connectivity index (χ0v) is 13.6. The summed E-state index contributed by atoms with van der Waals surface area (Å²) in [5.41, 5.74) is 12.0. The summed E-state index contributed by atoms with van der Waals surface area (Å²) in [5.74, 6) is 0. The van der Waals surface area contributed by atoms with Crippen LogP contribution in [-0.2, 0) is 0 Å². The molecule has 1 aromatic carbocycles. The highest BCUT2D eigenvalue weighted by Gasteiger charge is 2.28. The van der Waals surface area contributed by atoms with Crippen LogP contribution in [0.4, 0.5) is 0 Å². The molecule has 1 saturated heterocycles. The first-order valence-corrected chi connectivity index (χ1v) is 7.62. The van der Waals surface area contributed by atoms with Crippen LogP contribution in [0.2, 0.25) is 0 Å². The summed E-state index contributed by atoms with van der Waals surface area (Å²) in [7, 11) is 4.41. The molecular weight excluding hydrogens is 246 g/mol. The molecule has 1 fully saturated rings. The van der Waals surface area contributed by atoms with Crippen LogP contribution in [0.1, 0.15) is 34.7 Å². The Morgan fingerprint density at radius 3 is 2.40 bits per heavy atom. The Hall–Kier alpha value is -0.900. The summed E-state index contributed by atoms with van der Waals surface area (Å²) in [6.45, 7) is 9.87. The molecule has 3 heteroatoms. The van der Waals surface area contributed by atoms with Gasteiger partial charge >= 0.3 is 0 Å². The van der Waals surface area contributed by atoms with Crippen molar-refractivity contribution in [3.05, 3.63) is 34.4 Å². The predicted octanol–water partition coefficient (Wildman–Crippen LogP) is 2.25. The molecule has 112 valence electrons. The van der Waals surface area contributed by atoms with Crippen molar-refractivity contribution in [3.8, 4) is 0 Å². The van der Waals surface area contributed by atoms with Gasteiger partial charge in [0.05, 0.1) is 0 Å². The number of likely N-dealkylation sites (N-methyl/N-ethyl adjacent to an activating group) is 2. The summed E-state index contributed by atoms with van der Waals surface area (Å²) in [6, 6.07) is 5.03. The molecule has 0 amide bonds. The third kappa shape index (κ3) is 3.22. The molecule has 20 heavy (non-hydrogen) atoms. The molecule has 1 aromatic rings. The van der Waals surface area contributed by atoms with E-state index in [1.165, 1.54) is 35.2 Å². The van der Waals surface area contributed by atoms with E-state index in [1.807, 2.05) is 0 Å². The Morgan fingerprint density at radius 1 is 1.05 bits per heavy atom. The highest BCUT2D eigenvalue weighted by atomic mass is 15.2. The van der Waals surface area contributed by atoms with Gasteiger partial charge in [-0.2, -0.15) is 0 Å². The lowest BCUT2D eigenvalue weighted by Crippen LogP contribution is -2.45. The molecule has 0 radical (unpaired) electrons. The molecule has 0 bridgehead atoms. The number of aryl methyl sites for hydroxylation is 3. The number of nitrogens with zero attached hydrogens (tertiary/aromatic N) is 2. The second-order valence-corrected chi connectivity index (χ2v) is 6.48. The van der Waals surface area contributed by atoms with E-state index in [4.69, 9.17) is 5.73 Å². The van der Waals surface area contributed by atoms with Crippen LogP contribution in [-0.4, -0.2) is 49.6 Å². The molecule has 3 nitrogen and oxygen atoms in total. The Labute approximate surface area is 123 Å². The quantitative estimate of drug-likeness (QED) is 0.898. The van der Waals surface area contributed by atoms with E-state index in [2.05, 4.69) is 56.8 Å². The summed E-state index contributed by atoms with van der Waals surface area (Å²) in [5, 5.41) is 0. The van der Waals surface area contributed by atoms with E-state index in [0.717, 1.165) is 13.1 Å². The van der Waals surface area contributed by atoms with Crippen molar-refractivity contribution in [2.75, 3.05) is 33.7 Å². The van der Waals surface area contributed by atoms with Crippen LogP contribution in [0.5, 0.6) is 0 Å². The first-order valence-electron chi connectivity index (χ1n) is 7.62. The lowest BCUT2D eigenvalue weighted by molar-refractivity contribution is 0.196. The predicted molar refractivity (Wildman–Crippen MR) is 86.1 cm³/mol. The fourth-order valence-corrected chi connectivity index (χ4v) is 3.24. The molecule has 1 aliphatic heterocycles. The van der Waals surface area contributed by atoms with Crippen molar-refractivity contribution in [2.24, 2.45) is 5.73 Å². The normalized spacial score (nSPS) is 23.6. The van der Waals surface area contributed by atoms with Gasteiger partial charge in [0, 0.05) is 18.6 Å². The second kappa shape index (κ2) is 6.25. The summed E-state index contributed by atoms with van der Waals surface area (Å²) in [6.07, 6.45) is 1.22. The van der Waals surface area contributed by atoms with Gasteiger partial charge in [0.25, 0.3) is 0 Å². The number of nitrogens with two attached hydrogens (primary N) is 1. The molecule has 2 rings (SSSR count). The highest BCUT2D eigenvalue weighted by molar-refractivity contribution is 5.38. The molecule has 2 N–H and O–H groups in total. The summed E-state index contributed by atoms with van der Waals surface area (Å²) >= 11 is 0. The minimum Gasteiger partial charge on any atom is -0.323 e. The highest BCUT2D eigenvalue weighted by Crippen LogP contribution is 2.26. The van der Waals surface area contributed by atoms with Gasteiger partial charge < -0.3 is 15.5 Å². The molecule has 0 aromatic heterocycles. The smallest absolute Gasteiger partial charge is 0.0468 e. The zero-order valence-electron chi connectivity index (χ0n) is 13.6. The van der Waals surface area contributed by atoms with Gasteiger partial charge in [-0.3, -0.25) is 0 Å². The molecular formula is C17H29N3. The summed E-state index contributed by atoms with van der Waals surface area (Å²) < 4.78 is 0. The van der Waals surface area contributed by atoms with Gasteiger partial charge in [-0.25, -0.2) is 0 Å². The maximum absolute atomic E-state index is 6.64. The van der Waals surface area contributed by atoms with Crippen molar-refractivity contribution < 1.29 is 0 Å². The fraction of sp³-hybridized carbons (Fsp3) is 0.647. The number of benzene rings is 1. The van der Waals surface area contributed by atoms with Gasteiger partial charge in [-0.05, 0) is 76.6 Å². The maximum Gasteiger partial charge on any atom is 0.0468 e. The third-order valence-corrected chi connectivity index (χ3v) is 4.77. The zero-order chi connectivity index (χ0) is 14.9. The maximum atomic E-state index is 6.64. The van der Waals surface area contributed by atoms with E-state index in [1.54, 1.807) is 0 Å². The number of hydrogen-bond donors (Lipinski definition) is 1. The van der Waals surface area contributed by atoms with Crippen LogP contribution in [0.25, 0.3) is 0 Å². The lowest BCUT2D eigenvalue weighted by Gasteiger charge is -2.33. The van der Waals surface area contributed by atoms with Gasteiger partial charge in [-0.1, -0.05) is 12.1 Å². The van der Waals surface area contributed by atoms with E-state index in [9.17, 15) is 0 Å². The lowest BCUT2D eigenvalue weighted by atomic mass is 9.91. The van der Waals surface area contributed by atoms with Gasteiger partial charge in [0.15, 0.2) is 0 Å². The summed E-state index contributed by atoms with van der Waals surface area (Å²) in [4.78, 5) is 4.84. The van der Waals surface area contributed by atoms with Crippen molar-refractivity contribution in [1.82, 2.24) is 9.80 Å². The Morgan fingerprint density at radius 2 is 1.70 bits per heavy atom. The van der Waals surface area contributed by atoms with Gasteiger partial charge in [0.1, 0.15) is 0 Å². The molecule has 1 aliphatic rings. The third-order valence-electron chi connectivity index (χ3n) is 4.77. The fourth-order valence-electron chi connectivity index (χ4n) is 3.24. The van der Waals surface area contributed by atoms with Crippen molar-refractivity contribution in [1.29, 1.82) is 0 Å². The van der Waals surface area contributed by atoms with Crippen LogP contribution in [0.15, 0.2) is 12.1 Å². The minimum atomic E-state index is 0.0832. The van der Waals surface area contributed by atoms with Crippen molar-refractivity contribution >= 4 is 0 Å². The van der Waals surface area contributed by atoms with Crippen LogP contribution in [0.3, 0.4) is 0 Å².